The van der Waals surface area contributed by atoms with Crippen molar-refractivity contribution in [3.63, 3.8) is 0 Å². The van der Waals surface area contributed by atoms with Gasteiger partial charge in [-0.25, -0.2) is 4.68 Å². The number of aromatic nitrogens is 5. The van der Waals surface area contributed by atoms with Crippen molar-refractivity contribution in [1.29, 1.82) is 0 Å². The van der Waals surface area contributed by atoms with E-state index in [-0.39, 0.29) is 17.8 Å². The number of rotatable bonds is 4. The molecule has 1 fully saturated rings. The first kappa shape index (κ1) is 19.7. The number of hydrogen-bond donors (Lipinski definition) is 1. The van der Waals surface area contributed by atoms with E-state index in [2.05, 4.69) is 34.5 Å². The highest BCUT2D eigenvalue weighted by molar-refractivity contribution is 5.91. The third kappa shape index (κ3) is 3.69. The highest BCUT2D eigenvalue weighted by atomic mass is 16.5. The standard InChI is InChI=1S/C22H27N7O2/c1-15-19(16(2)29(25-15)13-17-7-4-3-5-8-17)18-14-31-12-11-27(18)21(30)20-24-22-23-9-6-10-28(22)26-20/h3-5,7-8,18H,6,9-14H2,1-2H3,(H,23,24,26). The van der Waals surface area contributed by atoms with Crippen molar-refractivity contribution in [3.8, 4) is 0 Å². The molecule has 1 aromatic carbocycles. The first-order chi connectivity index (χ1) is 15.1. The number of anilines is 1. The Balaban J connectivity index is 1.44. The number of carbonyl (C=O) groups is 1. The van der Waals surface area contributed by atoms with Gasteiger partial charge in [-0.2, -0.15) is 10.1 Å². The molecular formula is C22H27N7O2. The number of fused-ring (bicyclic) bond motifs is 1. The van der Waals surface area contributed by atoms with E-state index in [1.165, 1.54) is 5.56 Å². The van der Waals surface area contributed by atoms with Gasteiger partial charge in [-0.15, -0.1) is 5.10 Å². The first-order valence-corrected chi connectivity index (χ1v) is 10.8. The van der Waals surface area contributed by atoms with Crippen molar-refractivity contribution >= 4 is 11.9 Å². The molecule has 0 radical (unpaired) electrons. The fraction of sp³-hybridized carbons (Fsp3) is 0.455. The number of ether oxygens (including phenoxy) is 1. The van der Waals surface area contributed by atoms with Gasteiger partial charge in [0.25, 0.3) is 5.91 Å². The number of morpholine rings is 1. The van der Waals surface area contributed by atoms with E-state index in [4.69, 9.17) is 9.84 Å². The average molecular weight is 422 g/mol. The molecule has 1 saturated heterocycles. The predicted molar refractivity (Wildman–Crippen MR) is 115 cm³/mol. The summed E-state index contributed by atoms with van der Waals surface area (Å²) in [5.74, 6) is 0.748. The largest absolute Gasteiger partial charge is 0.377 e. The Morgan fingerprint density at radius 2 is 2.03 bits per heavy atom. The summed E-state index contributed by atoms with van der Waals surface area (Å²) in [6, 6.07) is 10.1. The fourth-order valence-electron chi connectivity index (χ4n) is 4.47. The minimum absolute atomic E-state index is 0.161. The van der Waals surface area contributed by atoms with E-state index in [1.54, 1.807) is 4.68 Å². The molecule has 1 atom stereocenters. The summed E-state index contributed by atoms with van der Waals surface area (Å²) in [5, 5.41) is 12.4. The Kier molecular flexibility index (Phi) is 5.19. The van der Waals surface area contributed by atoms with Crippen molar-refractivity contribution in [2.24, 2.45) is 0 Å². The number of amides is 1. The smallest absolute Gasteiger partial charge is 0.294 e. The molecule has 5 rings (SSSR count). The lowest BCUT2D eigenvalue weighted by molar-refractivity contribution is -0.00370. The first-order valence-electron chi connectivity index (χ1n) is 10.8. The molecule has 0 saturated carbocycles. The Hall–Kier alpha value is -3.20. The van der Waals surface area contributed by atoms with Gasteiger partial charge in [0.1, 0.15) is 0 Å². The van der Waals surface area contributed by atoms with E-state index in [0.717, 1.165) is 36.5 Å². The molecule has 2 aliphatic heterocycles. The van der Waals surface area contributed by atoms with Crippen LogP contribution in [0.3, 0.4) is 0 Å². The van der Waals surface area contributed by atoms with Gasteiger partial charge in [-0.05, 0) is 25.8 Å². The maximum Gasteiger partial charge on any atom is 0.294 e. The van der Waals surface area contributed by atoms with E-state index in [9.17, 15) is 4.79 Å². The highest BCUT2D eigenvalue weighted by Gasteiger charge is 2.35. The van der Waals surface area contributed by atoms with Crippen LogP contribution in [0.1, 0.15) is 45.6 Å². The lowest BCUT2D eigenvalue weighted by atomic mass is 10.0. The Labute approximate surface area is 181 Å². The summed E-state index contributed by atoms with van der Waals surface area (Å²) in [7, 11) is 0. The molecule has 3 aromatic rings. The van der Waals surface area contributed by atoms with Gasteiger partial charge in [0.2, 0.25) is 11.8 Å². The van der Waals surface area contributed by atoms with Gasteiger partial charge >= 0.3 is 0 Å². The Bertz CT molecular complexity index is 1070. The summed E-state index contributed by atoms with van der Waals surface area (Å²) < 4.78 is 9.57. The zero-order valence-corrected chi connectivity index (χ0v) is 17.9. The normalized spacial score (nSPS) is 18.5. The lowest BCUT2D eigenvalue weighted by Crippen LogP contribution is -2.44. The summed E-state index contributed by atoms with van der Waals surface area (Å²) in [5.41, 5.74) is 4.20. The average Bonchev–Trinajstić information content (AvgIpc) is 3.35. The number of aryl methyl sites for hydroxylation is 2. The van der Waals surface area contributed by atoms with Crippen LogP contribution in [0.2, 0.25) is 0 Å². The van der Waals surface area contributed by atoms with Crippen LogP contribution in [0.5, 0.6) is 0 Å². The molecule has 4 heterocycles. The van der Waals surface area contributed by atoms with Gasteiger partial charge in [0.05, 0.1) is 31.5 Å². The maximum absolute atomic E-state index is 13.4. The number of nitrogens with zero attached hydrogens (tertiary/aromatic N) is 6. The second kappa shape index (κ2) is 8.14. The zero-order chi connectivity index (χ0) is 21.4. The van der Waals surface area contributed by atoms with Crippen molar-refractivity contribution in [2.75, 3.05) is 31.6 Å². The van der Waals surface area contributed by atoms with Crippen LogP contribution in [0.25, 0.3) is 0 Å². The lowest BCUT2D eigenvalue weighted by Gasteiger charge is -2.35. The van der Waals surface area contributed by atoms with E-state index >= 15 is 0 Å². The number of benzene rings is 1. The molecule has 31 heavy (non-hydrogen) atoms. The SMILES string of the molecule is Cc1nn(Cc2ccccc2)c(C)c1C1COCCN1C(=O)c1nc2n(n1)CCCN2. The molecule has 0 bridgehead atoms. The molecule has 1 amide bonds. The molecule has 162 valence electrons. The van der Waals surface area contributed by atoms with Crippen molar-refractivity contribution in [3.05, 3.63) is 58.7 Å². The van der Waals surface area contributed by atoms with Crippen LogP contribution >= 0.6 is 0 Å². The minimum Gasteiger partial charge on any atom is -0.377 e. The van der Waals surface area contributed by atoms with Crippen LogP contribution in [0.15, 0.2) is 30.3 Å². The molecule has 1 N–H and O–H groups in total. The number of carbonyl (C=O) groups excluding carboxylic acids is 1. The Morgan fingerprint density at radius 3 is 2.84 bits per heavy atom. The van der Waals surface area contributed by atoms with Crippen LogP contribution in [-0.4, -0.2) is 61.7 Å². The molecule has 0 aliphatic carbocycles. The summed E-state index contributed by atoms with van der Waals surface area (Å²) in [6.45, 7) is 7.83. The fourth-order valence-corrected chi connectivity index (χ4v) is 4.47. The van der Waals surface area contributed by atoms with E-state index in [1.807, 2.05) is 34.7 Å². The van der Waals surface area contributed by atoms with Gasteiger partial charge in [0.15, 0.2) is 0 Å². The van der Waals surface area contributed by atoms with Gasteiger partial charge < -0.3 is 15.0 Å². The second-order valence-electron chi connectivity index (χ2n) is 8.08. The molecule has 1 unspecified atom stereocenters. The molecule has 2 aliphatic rings. The zero-order valence-electron chi connectivity index (χ0n) is 17.9. The summed E-state index contributed by atoms with van der Waals surface area (Å²) in [6.07, 6.45) is 0.975. The van der Waals surface area contributed by atoms with Crippen molar-refractivity contribution in [1.82, 2.24) is 29.4 Å². The quantitative estimate of drug-likeness (QED) is 0.694. The Morgan fingerprint density at radius 1 is 1.19 bits per heavy atom. The maximum atomic E-state index is 13.4. The van der Waals surface area contributed by atoms with Gasteiger partial charge in [-0.1, -0.05) is 30.3 Å². The molecular weight excluding hydrogens is 394 g/mol. The summed E-state index contributed by atoms with van der Waals surface area (Å²) >= 11 is 0. The third-order valence-electron chi connectivity index (χ3n) is 6.03. The van der Waals surface area contributed by atoms with E-state index < -0.39 is 0 Å². The third-order valence-corrected chi connectivity index (χ3v) is 6.03. The van der Waals surface area contributed by atoms with Crippen molar-refractivity contribution in [2.45, 2.75) is 39.4 Å². The van der Waals surface area contributed by atoms with Crippen molar-refractivity contribution < 1.29 is 9.53 Å². The minimum atomic E-state index is -0.209. The van der Waals surface area contributed by atoms with Gasteiger partial charge in [0, 0.05) is 30.9 Å². The van der Waals surface area contributed by atoms with Gasteiger partial charge in [-0.3, -0.25) is 9.48 Å². The van der Waals surface area contributed by atoms with Crippen LogP contribution in [0.4, 0.5) is 5.95 Å². The molecule has 0 spiro atoms. The van der Waals surface area contributed by atoms with E-state index in [0.29, 0.717) is 32.3 Å². The monoisotopic (exact) mass is 421 g/mol. The molecule has 9 heteroatoms. The highest BCUT2D eigenvalue weighted by Crippen LogP contribution is 2.31. The predicted octanol–water partition coefficient (Wildman–Crippen LogP) is 2.17. The molecule has 9 nitrogen and oxygen atoms in total. The number of nitrogens with one attached hydrogen (secondary N) is 1. The van der Waals surface area contributed by atoms with Crippen LogP contribution in [0, 0.1) is 13.8 Å². The van der Waals surface area contributed by atoms with Crippen LogP contribution < -0.4 is 5.32 Å². The molecule has 2 aromatic heterocycles. The van der Waals surface area contributed by atoms with Crippen LogP contribution in [-0.2, 0) is 17.8 Å². The summed E-state index contributed by atoms with van der Waals surface area (Å²) in [4.78, 5) is 19.7. The second-order valence-corrected chi connectivity index (χ2v) is 8.08. The number of hydrogen-bond acceptors (Lipinski definition) is 6. The topological polar surface area (TPSA) is 90.1 Å².